The first-order valence-electron chi connectivity index (χ1n) is 7.22. The summed E-state index contributed by atoms with van der Waals surface area (Å²) in [4.78, 5) is 0. The number of hydrogen-bond donors (Lipinski definition) is 0. The topological polar surface area (TPSA) is 0 Å². The first kappa shape index (κ1) is 28.0. The molecule has 32 heavy (non-hydrogen) atoms. The molecule has 0 fully saturated rings. The first-order valence-corrected chi connectivity index (χ1v) is 7.22. The minimum Gasteiger partial charge on any atom is -0.194 e. The Morgan fingerprint density at radius 3 is 0.656 bits per heavy atom. The van der Waals surface area contributed by atoms with Crippen LogP contribution in [0.2, 0.25) is 0 Å². The van der Waals surface area contributed by atoms with Crippen molar-refractivity contribution in [2.45, 2.75) is 47.9 Å². The van der Waals surface area contributed by atoms with Gasteiger partial charge in [-0.2, -0.15) is 79.0 Å². The van der Waals surface area contributed by atoms with E-state index in [9.17, 15) is 79.0 Å². The zero-order valence-electron chi connectivity index (χ0n) is 14.1. The molecule has 0 spiro atoms. The monoisotopic (exact) mass is 514 g/mol. The molecule has 0 N–H and O–H groups in total. The van der Waals surface area contributed by atoms with E-state index >= 15 is 0 Å². The summed E-state index contributed by atoms with van der Waals surface area (Å²) in [5.41, 5.74) is -5.23. The van der Waals surface area contributed by atoms with Crippen LogP contribution >= 0.6 is 0 Å². The van der Waals surface area contributed by atoms with Gasteiger partial charge < -0.3 is 0 Å². The van der Waals surface area contributed by atoms with Crippen molar-refractivity contribution in [3.8, 4) is 0 Å². The predicted molar refractivity (Wildman–Crippen MR) is 66.1 cm³/mol. The van der Waals surface area contributed by atoms with Gasteiger partial charge in [0.05, 0.1) is 0 Å². The highest BCUT2D eigenvalue weighted by Crippen LogP contribution is 2.58. The van der Waals surface area contributed by atoms with Gasteiger partial charge in [0, 0.05) is 11.1 Å². The number of rotatable bonds is 6. The van der Waals surface area contributed by atoms with Crippen molar-refractivity contribution >= 4 is 0 Å². The maximum absolute atomic E-state index is 13.6. The normalized spacial score (nSPS) is 15.8. The van der Waals surface area contributed by atoms with Gasteiger partial charge in [0.25, 0.3) is 0 Å². The molecule has 1 rings (SSSR count). The molecule has 0 aliphatic rings. The summed E-state index contributed by atoms with van der Waals surface area (Å²) in [7, 11) is 0. The number of alkyl halides is 18. The molecule has 0 heterocycles. The Hall–Kier alpha value is -2.04. The number of halogens is 18. The van der Waals surface area contributed by atoms with Crippen LogP contribution in [0.25, 0.3) is 0 Å². The van der Waals surface area contributed by atoms with E-state index in [-0.39, 0.29) is 0 Å². The van der Waals surface area contributed by atoms with Crippen LogP contribution in [0.4, 0.5) is 79.0 Å². The van der Waals surface area contributed by atoms with Crippen molar-refractivity contribution in [2.75, 3.05) is 0 Å². The second kappa shape index (κ2) is 7.23. The quantitative estimate of drug-likeness (QED) is 0.345. The van der Waals surface area contributed by atoms with E-state index in [1.165, 1.54) is 0 Å². The molecule has 0 unspecified atom stereocenters. The molecule has 0 amide bonds. The van der Waals surface area contributed by atoms with Crippen molar-refractivity contribution in [3.05, 3.63) is 35.4 Å². The average molecular weight is 514 g/mol. The summed E-state index contributed by atoms with van der Waals surface area (Å²) < 4.78 is 231. The highest BCUT2D eigenvalue weighted by molar-refractivity contribution is 5.32. The molecule has 0 saturated heterocycles. The van der Waals surface area contributed by atoms with Gasteiger partial charge in [0.2, 0.25) is 0 Å². The van der Waals surface area contributed by atoms with Gasteiger partial charge in [-0.1, -0.05) is 24.3 Å². The van der Waals surface area contributed by atoms with Crippen molar-refractivity contribution in [3.63, 3.8) is 0 Å². The molecular formula is C14H4F18. The van der Waals surface area contributed by atoms with E-state index < -0.39 is 83.3 Å². The van der Waals surface area contributed by atoms with Gasteiger partial charge in [0.1, 0.15) is 0 Å². The molecule has 186 valence electrons. The Kier molecular flexibility index (Phi) is 6.32. The Balaban J connectivity index is 3.51. The fourth-order valence-corrected chi connectivity index (χ4v) is 2.00. The summed E-state index contributed by atoms with van der Waals surface area (Å²) >= 11 is 0. The number of hydrogen-bond acceptors (Lipinski definition) is 0. The van der Waals surface area contributed by atoms with Crippen LogP contribution < -0.4 is 0 Å². The smallest absolute Gasteiger partial charge is 0.194 e. The highest BCUT2D eigenvalue weighted by atomic mass is 19.4. The molecule has 1 aromatic carbocycles. The van der Waals surface area contributed by atoms with Crippen LogP contribution in [0.5, 0.6) is 0 Å². The number of benzene rings is 1. The second-order valence-corrected chi connectivity index (χ2v) is 6.02. The molecule has 0 radical (unpaired) electrons. The zero-order valence-corrected chi connectivity index (χ0v) is 14.1. The lowest BCUT2D eigenvalue weighted by atomic mass is 9.92. The Morgan fingerprint density at radius 2 is 0.500 bits per heavy atom. The van der Waals surface area contributed by atoms with Gasteiger partial charge in [-0.05, 0) is 0 Å². The van der Waals surface area contributed by atoms with Crippen LogP contribution in [0.3, 0.4) is 0 Å². The van der Waals surface area contributed by atoms with Gasteiger partial charge >= 0.3 is 47.9 Å². The lowest BCUT2D eigenvalue weighted by molar-refractivity contribution is -0.400. The summed E-state index contributed by atoms with van der Waals surface area (Å²) in [6.07, 6.45) is -14.5. The van der Waals surface area contributed by atoms with Crippen LogP contribution in [-0.2, 0) is 11.8 Å². The molecule has 0 aliphatic heterocycles. The summed E-state index contributed by atoms with van der Waals surface area (Å²) in [6.45, 7) is 0. The minimum atomic E-state index is -7.41. The molecule has 0 aromatic heterocycles. The molecule has 18 heteroatoms. The Labute approximate surface area is 163 Å². The molecular weight excluding hydrogens is 510 g/mol. The fourth-order valence-electron chi connectivity index (χ4n) is 2.00. The van der Waals surface area contributed by atoms with Crippen molar-refractivity contribution in [1.29, 1.82) is 0 Å². The maximum atomic E-state index is 13.6. The molecule has 0 nitrogen and oxygen atoms in total. The average Bonchev–Trinajstić information content (AvgIpc) is 2.59. The van der Waals surface area contributed by atoms with Gasteiger partial charge in [-0.3, -0.25) is 0 Å². The van der Waals surface area contributed by atoms with Gasteiger partial charge in [-0.25, -0.2) is 0 Å². The van der Waals surface area contributed by atoms with E-state index in [0.717, 1.165) is 0 Å². The molecule has 0 saturated carbocycles. The third kappa shape index (κ3) is 3.72. The highest BCUT2D eigenvalue weighted by Gasteiger charge is 2.83. The molecule has 0 bridgehead atoms. The van der Waals surface area contributed by atoms with Crippen LogP contribution in [0, 0.1) is 0 Å². The maximum Gasteiger partial charge on any atom is 0.460 e. The van der Waals surface area contributed by atoms with E-state index in [1.54, 1.807) is 0 Å². The van der Waals surface area contributed by atoms with Crippen molar-refractivity contribution < 1.29 is 79.0 Å². The van der Waals surface area contributed by atoms with Crippen LogP contribution in [-0.4, -0.2) is 36.0 Å². The molecule has 1 aromatic rings. The third-order valence-corrected chi connectivity index (χ3v) is 3.90. The SMILES string of the molecule is FC(F)(F)C(F)(F)C(F)(F)C(F)(F)c1ccc(C(F)(F)C(F)(F)C(F)(F)C(F)(F)F)cc1. The summed E-state index contributed by atoms with van der Waals surface area (Å²) in [6, 6.07) is -3.42. The zero-order chi connectivity index (χ0) is 26.0. The van der Waals surface area contributed by atoms with E-state index in [4.69, 9.17) is 0 Å². The largest absolute Gasteiger partial charge is 0.460 e. The van der Waals surface area contributed by atoms with Crippen LogP contribution in [0.1, 0.15) is 11.1 Å². The minimum absolute atomic E-state index is 0.856. The van der Waals surface area contributed by atoms with Gasteiger partial charge in [0.15, 0.2) is 0 Å². The Morgan fingerprint density at radius 1 is 0.312 bits per heavy atom. The molecule has 0 aliphatic carbocycles. The predicted octanol–water partition coefficient (Wildman–Crippen LogP) is 7.54. The fraction of sp³-hybridized carbons (Fsp3) is 0.571. The lowest BCUT2D eigenvalue weighted by Crippen LogP contribution is -2.60. The van der Waals surface area contributed by atoms with Crippen molar-refractivity contribution in [2.24, 2.45) is 0 Å². The second-order valence-electron chi connectivity index (χ2n) is 6.02. The summed E-state index contributed by atoms with van der Waals surface area (Å²) in [5.74, 6) is -42.4. The Bertz CT molecular complexity index is 741. The van der Waals surface area contributed by atoms with Crippen LogP contribution in [0.15, 0.2) is 24.3 Å². The standard InChI is InChI=1S/C14H4F18/c15-7(16,9(19,20)11(23,24)13(27,28)29)5-1-2-6(4-3-5)8(17,18)10(21,22)12(25,26)14(30,31)32/h1-4H. The van der Waals surface area contributed by atoms with E-state index in [1.807, 2.05) is 0 Å². The van der Waals surface area contributed by atoms with E-state index in [2.05, 4.69) is 0 Å². The third-order valence-electron chi connectivity index (χ3n) is 3.90. The molecule has 0 atom stereocenters. The lowest BCUT2D eigenvalue weighted by Gasteiger charge is -2.35. The summed E-state index contributed by atoms with van der Waals surface area (Å²) in [5, 5.41) is 0. The van der Waals surface area contributed by atoms with E-state index in [0.29, 0.717) is 0 Å². The van der Waals surface area contributed by atoms with Crippen molar-refractivity contribution in [1.82, 2.24) is 0 Å². The first-order chi connectivity index (χ1) is 13.7. The van der Waals surface area contributed by atoms with Gasteiger partial charge in [-0.15, -0.1) is 0 Å².